The van der Waals surface area contributed by atoms with Crippen molar-refractivity contribution < 1.29 is 13.2 Å². The smallest absolute Gasteiger partial charge is 0.220 e. The molecule has 1 heterocycles. The third kappa shape index (κ3) is 6.61. The van der Waals surface area contributed by atoms with E-state index in [9.17, 15) is 13.2 Å². The number of hydrogen-bond donors (Lipinski definition) is 1. The van der Waals surface area contributed by atoms with Crippen LogP contribution in [-0.4, -0.2) is 37.2 Å². The van der Waals surface area contributed by atoms with Crippen LogP contribution in [0.15, 0.2) is 0 Å². The molecule has 1 saturated heterocycles. The molecule has 1 amide bonds. The number of hydrogen-bond acceptors (Lipinski definition) is 3. The van der Waals surface area contributed by atoms with Gasteiger partial charge in [0.05, 0.1) is 22.9 Å². The number of unbranched alkanes of at least 4 members (excludes halogenated alkanes) is 5. The van der Waals surface area contributed by atoms with E-state index in [2.05, 4.69) is 12.2 Å². The summed E-state index contributed by atoms with van der Waals surface area (Å²) < 4.78 is 22.7. The van der Waals surface area contributed by atoms with Crippen molar-refractivity contribution in [3.05, 3.63) is 0 Å². The molecule has 0 radical (unpaired) electrons. The van der Waals surface area contributed by atoms with Gasteiger partial charge in [-0.3, -0.25) is 4.79 Å². The lowest BCUT2D eigenvalue weighted by molar-refractivity contribution is -0.121. The molecule has 0 aliphatic carbocycles. The van der Waals surface area contributed by atoms with Crippen LogP contribution in [0.4, 0.5) is 0 Å². The zero-order valence-corrected chi connectivity index (χ0v) is 13.1. The summed E-state index contributed by atoms with van der Waals surface area (Å²) in [5.41, 5.74) is 0. The number of amides is 1. The van der Waals surface area contributed by atoms with Crippen LogP contribution in [0.25, 0.3) is 0 Å². The maximum Gasteiger partial charge on any atom is 0.220 e. The molecule has 0 saturated carbocycles. The molecule has 0 aromatic rings. The summed E-state index contributed by atoms with van der Waals surface area (Å²) >= 11 is 5.93. The number of alkyl halides is 1. The third-order valence-electron chi connectivity index (χ3n) is 3.39. The minimum Gasteiger partial charge on any atom is -0.351 e. The molecule has 0 aromatic carbocycles. The van der Waals surface area contributed by atoms with Crippen molar-refractivity contribution in [1.82, 2.24) is 5.32 Å². The highest BCUT2D eigenvalue weighted by atomic mass is 35.5. The number of carbonyl (C=O) groups is 1. The van der Waals surface area contributed by atoms with Crippen molar-refractivity contribution in [3.63, 3.8) is 0 Å². The Bertz CT molecular complexity index is 383. The van der Waals surface area contributed by atoms with Crippen molar-refractivity contribution in [3.8, 4) is 0 Å². The highest BCUT2D eigenvalue weighted by Crippen LogP contribution is 2.18. The molecule has 0 bridgehead atoms. The van der Waals surface area contributed by atoms with Gasteiger partial charge in [0.25, 0.3) is 0 Å². The summed E-state index contributed by atoms with van der Waals surface area (Å²) in [6.07, 6.45) is 7.24. The van der Waals surface area contributed by atoms with Crippen molar-refractivity contribution in [2.75, 3.05) is 11.5 Å². The van der Waals surface area contributed by atoms with Crippen molar-refractivity contribution in [2.45, 2.75) is 63.3 Å². The normalized spacial score (nSPS) is 25.4. The summed E-state index contributed by atoms with van der Waals surface area (Å²) in [7, 11) is -3.07. The van der Waals surface area contributed by atoms with Crippen molar-refractivity contribution in [1.29, 1.82) is 0 Å². The van der Waals surface area contributed by atoms with E-state index in [-0.39, 0.29) is 17.4 Å². The Balaban J connectivity index is 2.14. The molecule has 2 atom stereocenters. The molecule has 1 N–H and O–H groups in total. The van der Waals surface area contributed by atoms with Crippen LogP contribution in [0.1, 0.15) is 51.9 Å². The van der Waals surface area contributed by atoms with Crippen LogP contribution in [0.5, 0.6) is 0 Å². The quantitative estimate of drug-likeness (QED) is 0.552. The second-order valence-electron chi connectivity index (χ2n) is 5.28. The largest absolute Gasteiger partial charge is 0.351 e. The van der Waals surface area contributed by atoms with E-state index < -0.39 is 21.3 Å². The van der Waals surface area contributed by atoms with E-state index in [0.29, 0.717) is 6.42 Å². The van der Waals surface area contributed by atoms with E-state index in [4.69, 9.17) is 11.6 Å². The molecule has 4 nitrogen and oxygen atoms in total. The lowest BCUT2D eigenvalue weighted by Crippen LogP contribution is -2.40. The number of rotatable bonds is 8. The molecule has 1 aliphatic heterocycles. The summed E-state index contributed by atoms with van der Waals surface area (Å²) in [5.74, 6) is -0.136. The summed E-state index contributed by atoms with van der Waals surface area (Å²) in [4.78, 5) is 11.7. The van der Waals surface area contributed by atoms with Gasteiger partial charge in [-0.05, 0) is 6.42 Å². The molecule has 1 rings (SSSR count). The lowest BCUT2D eigenvalue weighted by Gasteiger charge is -2.14. The van der Waals surface area contributed by atoms with Crippen LogP contribution in [0.2, 0.25) is 0 Å². The second-order valence-corrected chi connectivity index (χ2v) is 8.00. The Hall–Kier alpha value is -0.290. The molecule has 6 heteroatoms. The maximum absolute atomic E-state index is 11.7. The fraction of sp³-hybridized carbons (Fsp3) is 0.923. The second kappa shape index (κ2) is 8.10. The first-order valence-corrected chi connectivity index (χ1v) is 9.34. The van der Waals surface area contributed by atoms with Crippen molar-refractivity contribution in [2.24, 2.45) is 0 Å². The van der Waals surface area contributed by atoms with Crippen LogP contribution in [0.3, 0.4) is 0 Å². The highest BCUT2D eigenvalue weighted by molar-refractivity contribution is 7.91. The number of nitrogens with one attached hydrogen (secondary N) is 1. The molecule has 112 valence electrons. The summed E-state index contributed by atoms with van der Waals surface area (Å²) in [5, 5.41) is 2.25. The monoisotopic (exact) mass is 309 g/mol. The molecule has 1 fully saturated rings. The van der Waals surface area contributed by atoms with E-state index in [0.717, 1.165) is 19.3 Å². The SMILES string of the molecule is CCCCCCCCC(=O)NC1CS(=O)(=O)CC1Cl. The fourth-order valence-corrected chi connectivity index (χ4v) is 4.83. The predicted octanol–water partition coefficient (Wildman–Crippen LogP) is 2.26. The molecular formula is C13H24ClNO3S. The van der Waals surface area contributed by atoms with Gasteiger partial charge in [-0.2, -0.15) is 0 Å². The minimum absolute atomic E-state index is 0.0244. The topological polar surface area (TPSA) is 63.2 Å². The average Bonchev–Trinajstić information content (AvgIpc) is 2.56. The fourth-order valence-electron chi connectivity index (χ4n) is 2.28. The van der Waals surface area contributed by atoms with Gasteiger partial charge < -0.3 is 5.32 Å². The molecule has 0 aromatic heterocycles. The van der Waals surface area contributed by atoms with E-state index in [1.807, 2.05) is 0 Å². The van der Waals surface area contributed by atoms with Gasteiger partial charge in [-0.25, -0.2) is 8.42 Å². The Morgan fingerprint density at radius 2 is 1.79 bits per heavy atom. The maximum atomic E-state index is 11.7. The van der Waals surface area contributed by atoms with Crippen molar-refractivity contribution >= 4 is 27.3 Å². The first kappa shape index (κ1) is 16.8. The standard InChI is InChI=1S/C13H24ClNO3S/c1-2-3-4-5-6-7-8-13(16)15-12-10-19(17,18)9-11(12)14/h11-12H,2-10H2,1H3,(H,15,16). The zero-order chi connectivity index (χ0) is 14.3. The number of sulfone groups is 1. The summed E-state index contributed by atoms with van der Waals surface area (Å²) in [6.45, 7) is 2.17. The minimum atomic E-state index is -3.07. The van der Waals surface area contributed by atoms with Gasteiger partial charge in [-0.1, -0.05) is 39.0 Å². The molecular weight excluding hydrogens is 286 g/mol. The van der Waals surface area contributed by atoms with Gasteiger partial charge in [-0.15, -0.1) is 11.6 Å². The Kier molecular flexibility index (Phi) is 7.15. The number of carbonyl (C=O) groups excluding carboxylic acids is 1. The van der Waals surface area contributed by atoms with Crippen LogP contribution in [-0.2, 0) is 14.6 Å². The van der Waals surface area contributed by atoms with Crippen LogP contribution in [0, 0.1) is 0 Å². The lowest BCUT2D eigenvalue weighted by atomic mass is 10.1. The zero-order valence-electron chi connectivity index (χ0n) is 11.5. The van der Waals surface area contributed by atoms with E-state index >= 15 is 0 Å². The van der Waals surface area contributed by atoms with Gasteiger partial charge in [0.2, 0.25) is 5.91 Å². The molecule has 0 spiro atoms. The Labute approximate surface area is 121 Å². The average molecular weight is 310 g/mol. The third-order valence-corrected chi connectivity index (χ3v) is 5.76. The van der Waals surface area contributed by atoms with E-state index in [1.54, 1.807) is 0 Å². The molecule has 2 unspecified atom stereocenters. The van der Waals surface area contributed by atoms with Gasteiger partial charge in [0, 0.05) is 6.42 Å². The summed E-state index contributed by atoms with van der Waals surface area (Å²) in [6, 6.07) is -0.417. The van der Waals surface area contributed by atoms with Gasteiger partial charge in [0.15, 0.2) is 9.84 Å². The van der Waals surface area contributed by atoms with Crippen LogP contribution >= 0.6 is 11.6 Å². The van der Waals surface area contributed by atoms with Gasteiger partial charge >= 0.3 is 0 Å². The molecule has 19 heavy (non-hydrogen) atoms. The first-order chi connectivity index (χ1) is 8.94. The predicted molar refractivity (Wildman–Crippen MR) is 78.2 cm³/mol. The van der Waals surface area contributed by atoms with E-state index in [1.165, 1.54) is 19.3 Å². The number of halogens is 1. The first-order valence-electron chi connectivity index (χ1n) is 7.08. The van der Waals surface area contributed by atoms with Crippen LogP contribution < -0.4 is 5.32 Å². The highest BCUT2D eigenvalue weighted by Gasteiger charge is 2.37. The Morgan fingerprint density at radius 3 is 2.37 bits per heavy atom. The molecule has 1 aliphatic rings. The Morgan fingerprint density at radius 1 is 1.16 bits per heavy atom. The van der Waals surface area contributed by atoms with Gasteiger partial charge in [0.1, 0.15) is 0 Å².